The molecule has 0 radical (unpaired) electrons. The zero-order chi connectivity index (χ0) is 17.5. The van der Waals surface area contributed by atoms with E-state index in [-0.39, 0.29) is 6.61 Å². The number of para-hydroxylation sites is 1. The molecule has 0 spiro atoms. The molecule has 25 heavy (non-hydrogen) atoms. The summed E-state index contributed by atoms with van der Waals surface area (Å²) < 4.78 is 10.7. The van der Waals surface area contributed by atoms with Gasteiger partial charge in [-0.2, -0.15) is 0 Å². The fraction of sp³-hybridized carbons (Fsp3) is 0.143. The van der Waals surface area contributed by atoms with Crippen LogP contribution in [0.5, 0.6) is 5.75 Å². The second-order valence-electron chi connectivity index (χ2n) is 5.59. The lowest BCUT2D eigenvalue weighted by Crippen LogP contribution is -2.10. The molecule has 3 rings (SSSR count). The number of benzene rings is 2. The number of nitrogens with zero attached hydrogens (tertiary/aromatic N) is 1. The minimum absolute atomic E-state index is 0.199. The lowest BCUT2D eigenvalue weighted by molar-refractivity contribution is -0.138. The molecule has 2 aromatic carbocycles. The zero-order valence-corrected chi connectivity index (χ0v) is 14.0. The van der Waals surface area contributed by atoms with Crippen LogP contribution in [0, 0.1) is 6.92 Å². The lowest BCUT2D eigenvalue weighted by atomic mass is 10.1. The molecular weight excluding hydrogens is 314 g/mol. The normalized spacial score (nSPS) is 10.9. The quantitative estimate of drug-likeness (QED) is 0.386. The number of hydrogen-bond acceptors (Lipinski definition) is 4. The van der Waals surface area contributed by atoms with Crippen LogP contribution >= 0.6 is 0 Å². The van der Waals surface area contributed by atoms with Crippen molar-refractivity contribution in [1.29, 1.82) is 0 Å². The third-order valence-corrected chi connectivity index (χ3v) is 3.65. The Morgan fingerprint density at radius 3 is 2.80 bits per heavy atom. The smallest absolute Gasteiger partial charge is 0.330 e. The summed E-state index contributed by atoms with van der Waals surface area (Å²) in [5.74, 6) is 0.370. The second-order valence-corrected chi connectivity index (χ2v) is 5.59. The molecule has 1 aromatic heterocycles. The average Bonchev–Trinajstić information content (AvgIpc) is 2.63. The molecule has 0 aliphatic heterocycles. The number of rotatable bonds is 6. The van der Waals surface area contributed by atoms with Crippen molar-refractivity contribution in [2.75, 3.05) is 13.2 Å². The molecule has 0 aliphatic rings. The third kappa shape index (κ3) is 4.67. The topological polar surface area (TPSA) is 48.4 Å². The van der Waals surface area contributed by atoms with Gasteiger partial charge in [-0.15, -0.1) is 0 Å². The average molecular weight is 333 g/mol. The van der Waals surface area contributed by atoms with Crippen LogP contribution in [0.3, 0.4) is 0 Å². The van der Waals surface area contributed by atoms with E-state index in [1.807, 2.05) is 61.5 Å². The van der Waals surface area contributed by atoms with Crippen molar-refractivity contribution in [3.63, 3.8) is 0 Å². The van der Waals surface area contributed by atoms with Gasteiger partial charge in [-0.3, -0.25) is 4.98 Å². The Bertz CT molecular complexity index is 897. The van der Waals surface area contributed by atoms with Crippen molar-refractivity contribution in [2.24, 2.45) is 0 Å². The van der Waals surface area contributed by atoms with Crippen LogP contribution in [0.2, 0.25) is 0 Å². The summed E-state index contributed by atoms with van der Waals surface area (Å²) in [5.41, 5.74) is 2.86. The number of esters is 1. The van der Waals surface area contributed by atoms with Crippen LogP contribution in [0.25, 0.3) is 17.0 Å². The van der Waals surface area contributed by atoms with E-state index >= 15 is 0 Å². The van der Waals surface area contributed by atoms with E-state index in [9.17, 15) is 4.79 Å². The number of hydrogen-bond donors (Lipinski definition) is 0. The molecule has 126 valence electrons. The number of ether oxygens (including phenoxy) is 2. The summed E-state index contributed by atoms with van der Waals surface area (Å²) in [4.78, 5) is 16.2. The zero-order valence-electron chi connectivity index (χ0n) is 14.0. The van der Waals surface area contributed by atoms with Crippen LogP contribution in [0.4, 0.5) is 0 Å². The fourth-order valence-electron chi connectivity index (χ4n) is 2.48. The molecule has 0 fully saturated rings. The summed E-state index contributed by atoms with van der Waals surface area (Å²) in [6.45, 7) is 2.52. The molecule has 4 heteroatoms. The van der Waals surface area contributed by atoms with Gasteiger partial charge in [0.15, 0.2) is 0 Å². The summed E-state index contributed by atoms with van der Waals surface area (Å²) in [6.07, 6.45) is 4.87. The molecule has 0 unspecified atom stereocenters. The van der Waals surface area contributed by atoms with Crippen molar-refractivity contribution in [3.8, 4) is 5.75 Å². The second kappa shape index (κ2) is 8.11. The van der Waals surface area contributed by atoms with Crippen molar-refractivity contribution < 1.29 is 14.3 Å². The highest BCUT2D eigenvalue weighted by Gasteiger charge is 2.01. The lowest BCUT2D eigenvalue weighted by Gasteiger charge is -2.06. The van der Waals surface area contributed by atoms with Gasteiger partial charge in [0.05, 0.1) is 5.52 Å². The number of fused-ring (bicyclic) bond motifs is 1. The Kier molecular flexibility index (Phi) is 5.42. The number of aryl methyl sites for hydroxylation is 1. The molecule has 0 bridgehead atoms. The van der Waals surface area contributed by atoms with Gasteiger partial charge in [-0.25, -0.2) is 4.79 Å². The predicted octanol–water partition coefficient (Wildman–Crippen LogP) is 4.18. The summed E-state index contributed by atoms with van der Waals surface area (Å²) in [5, 5.41) is 1.03. The van der Waals surface area contributed by atoms with Crippen molar-refractivity contribution in [2.45, 2.75) is 6.92 Å². The van der Waals surface area contributed by atoms with Gasteiger partial charge < -0.3 is 9.47 Å². The van der Waals surface area contributed by atoms with Gasteiger partial charge in [-0.05, 0) is 36.8 Å². The Balaban J connectivity index is 1.51. The van der Waals surface area contributed by atoms with Crippen LogP contribution in [0.15, 0.2) is 66.9 Å². The van der Waals surface area contributed by atoms with E-state index in [4.69, 9.17) is 9.47 Å². The Morgan fingerprint density at radius 2 is 1.92 bits per heavy atom. The van der Waals surface area contributed by atoms with Crippen LogP contribution in [-0.2, 0) is 9.53 Å². The minimum atomic E-state index is -0.402. The first-order valence-electron chi connectivity index (χ1n) is 8.10. The standard InChI is InChI=1S/C21H19NO3/c1-16-5-2-9-19(15-16)24-13-14-25-20(23)11-10-18-7-3-6-17-8-4-12-22-21(17)18/h2-12,15H,13-14H2,1H3/b11-10+. The van der Waals surface area contributed by atoms with Crippen molar-refractivity contribution in [3.05, 3.63) is 78.0 Å². The first-order chi connectivity index (χ1) is 12.2. The highest BCUT2D eigenvalue weighted by atomic mass is 16.6. The maximum absolute atomic E-state index is 11.8. The molecule has 1 heterocycles. The number of pyridine rings is 1. The maximum Gasteiger partial charge on any atom is 0.330 e. The van der Waals surface area contributed by atoms with Crippen molar-refractivity contribution >= 4 is 22.9 Å². The Hall–Kier alpha value is -3.14. The van der Waals surface area contributed by atoms with E-state index in [1.54, 1.807) is 12.3 Å². The molecular formula is C21H19NO3. The maximum atomic E-state index is 11.8. The Labute approximate surface area is 146 Å². The van der Waals surface area contributed by atoms with Crippen molar-refractivity contribution in [1.82, 2.24) is 4.98 Å². The number of carbonyl (C=O) groups excluding carboxylic acids is 1. The van der Waals surface area contributed by atoms with E-state index in [1.165, 1.54) is 6.08 Å². The first-order valence-corrected chi connectivity index (χ1v) is 8.10. The molecule has 0 aliphatic carbocycles. The molecule has 3 aromatic rings. The van der Waals surface area contributed by atoms with Gasteiger partial charge in [0.2, 0.25) is 0 Å². The highest BCUT2D eigenvalue weighted by molar-refractivity contribution is 5.92. The summed E-state index contributed by atoms with van der Waals surface area (Å²) in [7, 11) is 0. The highest BCUT2D eigenvalue weighted by Crippen LogP contribution is 2.17. The van der Waals surface area contributed by atoms with Gasteiger partial charge >= 0.3 is 5.97 Å². The molecule has 0 saturated carbocycles. The number of aromatic nitrogens is 1. The minimum Gasteiger partial charge on any atom is -0.490 e. The predicted molar refractivity (Wildman–Crippen MR) is 98.4 cm³/mol. The van der Waals surface area contributed by atoms with Crippen LogP contribution in [-0.4, -0.2) is 24.2 Å². The summed E-state index contributed by atoms with van der Waals surface area (Å²) >= 11 is 0. The largest absolute Gasteiger partial charge is 0.490 e. The SMILES string of the molecule is Cc1cccc(OCCOC(=O)/C=C/c2cccc3cccnc23)c1. The van der Waals surface area contributed by atoms with E-state index in [0.717, 1.165) is 27.8 Å². The van der Waals surface area contributed by atoms with E-state index in [2.05, 4.69) is 4.98 Å². The van der Waals surface area contributed by atoms with Gasteiger partial charge in [0.25, 0.3) is 0 Å². The first kappa shape index (κ1) is 16.7. The van der Waals surface area contributed by atoms with E-state index in [0.29, 0.717) is 6.61 Å². The van der Waals surface area contributed by atoms with Gasteiger partial charge in [0, 0.05) is 23.2 Å². The molecule has 0 saturated heterocycles. The monoisotopic (exact) mass is 333 g/mol. The molecule has 0 N–H and O–H groups in total. The van der Waals surface area contributed by atoms with Crippen LogP contribution in [0.1, 0.15) is 11.1 Å². The number of carbonyl (C=O) groups is 1. The molecule has 0 atom stereocenters. The Morgan fingerprint density at radius 1 is 1.08 bits per heavy atom. The molecule has 4 nitrogen and oxygen atoms in total. The fourth-order valence-corrected chi connectivity index (χ4v) is 2.48. The van der Waals surface area contributed by atoms with Gasteiger partial charge in [-0.1, -0.05) is 36.4 Å². The summed E-state index contributed by atoms with van der Waals surface area (Å²) in [6, 6.07) is 17.5. The van der Waals surface area contributed by atoms with E-state index < -0.39 is 5.97 Å². The third-order valence-electron chi connectivity index (χ3n) is 3.65. The van der Waals surface area contributed by atoms with Gasteiger partial charge in [0.1, 0.15) is 19.0 Å². The molecule has 0 amide bonds. The van der Waals surface area contributed by atoms with Crippen LogP contribution < -0.4 is 4.74 Å².